The van der Waals surface area contributed by atoms with Crippen LogP contribution in [0.5, 0.6) is 0 Å². The molecule has 0 saturated carbocycles. The lowest BCUT2D eigenvalue weighted by Gasteiger charge is -2.13. The molecule has 0 atom stereocenters. The summed E-state index contributed by atoms with van der Waals surface area (Å²) in [5, 5.41) is 3.84. The van der Waals surface area contributed by atoms with Crippen molar-refractivity contribution < 1.29 is 13.2 Å². The van der Waals surface area contributed by atoms with E-state index in [0.717, 1.165) is 30.2 Å². The van der Waals surface area contributed by atoms with E-state index >= 15 is 0 Å². The zero-order chi connectivity index (χ0) is 22.3. The molecule has 0 aliphatic rings. The quantitative estimate of drug-likeness (QED) is 0.289. The number of nitrogens with one attached hydrogen (secondary N) is 2. The topological polar surface area (TPSA) is 75.3 Å². The van der Waals surface area contributed by atoms with Gasteiger partial charge in [-0.25, -0.2) is 8.42 Å². The average Bonchev–Trinajstić information content (AvgIpc) is 2.75. The Balaban J connectivity index is 1.73. The molecule has 0 aromatic heterocycles. The largest absolute Gasteiger partial charge is 0.322 e. The molecule has 0 fully saturated rings. The number of hydrogen-bond acceptors (Lipinski definition) is 3. The van der Waals surface area contributed by atoms with Crippen molar-refractivity contribution in [3.05, 3.63) is 89.5 Å². The Morgan fingerprint density at radius 2 is 1.58 bits per heavy atom. The van der Waals surface area contributed by atoms with E-state index < -0.39 is 10.0 Å². The Morgan fingerprint density at radius 3 is 2.26 bits per heavy atom. The number of alkyl halides is 1. The highest BCUT2D eigenvalue weighted by atomic mass is 79.9. The van der Waals surface area contributed by atoms with Crippen LogP contribution >= 0.6 is 15.9 Å². The lowest BCUT2D eigenvalue weighted by Crippen LogP contribution is -2.18. The minimum Gasteiger partial charge on any atom is -0.322 e. The van der Waals surface area contributed by atoms with Gasteiger partial charge in [-0.2, -0.15) is 0 Å². The summed E-state index contributed by atoms with van der Waals surface area (Å²) in [4.78, 5) is 13.0. The van der Waals surface area contributed by atoms with Crippen LogP contribution in [0.2, 0.25) is 0 Å². The van der Waals surface area contributed by atoms with Crippen LogP contribution in [0.3, 0.4) is 0 Å². The monoisotopic (exact) mass is 500 g/mol. The summed E-state index contributed by atoms with van der Waals surface area (Å²) in [7, 11) is -3.81. The van der Waals surface area contributed by atoms with Gasteiger partial charge in [0.25, 0.3) is 15.9 Å². The number of halogens is 1. The molecule has 5 nitrogen and oxygen atoms in total. The highest BCUT2D eigenvalue weighted by Crippen LogP contribution is 2.22. The highest BCUT2D eigenvalue weighted by Gasteiger charge is 2.18. The maximum absolute atomic E-state index is 12.8. The second-order valence-electron chi connectivity index (χ2n) is 7.26. The third-order valence-corrected chi connectivity index (χ3v) is 6.75. The SMILES string of the molecule is Cc1ccc(S(=O)(=O)Nc2ccccc2C(=O)Nc2ccc(CCCCBr)cc2)cc1. The Kier molecular flexibility index (Phi) is 7.87. The zero-order valence-corrected chi connectivity index (χ0v) is 19.7. The van der Waals surface area contributed by atoms with Crippen LogP contribution in [-0.2, 0) is 16.4 Å². The second kappa shape index (κ2) is 10.6. The number of carbonyl (C=O) groups excluding carboxylic acids is 1. The van der Waals surface area contributed by atoms with Gasteiger partial charge < -0.3 is 5.32 Å². The normalized spacial score (nSPS) is 11.2. The van der Waals surface area contributed by atoms with Crippen LogP contribution in [-0.4, -0.2) is 19.7 Å². The van der Waals surface area contributed by atoms with Crippen LogP contribution in [0.25, 0.3) is 0 Å². The standard InChI is InChI=1S/C24H25BrN2O3S/c1-18-9-15-21(16-10-18)31(29,30)27-23-8-3-2-7-22(23)24(28)26-20-13-11-19(12-14-20)6-4-5-17-25/h2-3,7-16,27H,4-6,17H2,1H3,(H,26,28). The fraction of sp³-hybridized carbons (Fsp3) is 0.208. The van der Waals surface area contributed by atoms with Crippen LogP contribution < -0.4 is 10.0 Å². The first-order valence-corrected chi connectivity index (χ1v) is 12.6. The third kappa shape index (κ3) is 6.42. The summed E-state index contributed by atoms with van der Waals surface area (Å²) in [5.41, 5.74) is 3.31. The smallest absolute Gasteiger partial charge is 0.261 e. The first kappa shape index (κ1) is 23.0. The van der Waals surface area contributed by atoms with Crippen molar-refractivity contribution in [2.75, 3.05) is 15.4 Å². The van der Waals surface area contributed by atoms with Gasteiger partial charge in [-0.05, 0) is 68.1 Å². The van der Waals surface area contributed by atoms with E-state index in [0.29, 0.717) is 5.69 Å². The minimum absolute atomic E-state index is 0.142. The van der Waals surface area contributed by atoms with E-state index in [4.69, 9.17) is 0 Å². The molecular formula is C24H25BrN2O3S. The first-order valence-electron chi connectivity index (χ1n) is 10.0. The third-order valence-electron chi connectivity index (χ3n) is 4.81. The number of aryl methyl sites for hydroxylation is 2. The molecule has 0 unspecified atom stereocenters. The number of unbranched alkanes of at least 4 members (excludes halogenated alkanes) is 1. The minimum atomic E-state index is -3.81. The molecule has 0 spiro atoms. The molecule has 7 heteroatoms. The lowest BCUT2D eigenvalue weighted by atomic mass is 10.1. The number of anilines is 2. The number of amides is 1. The Morgan fingerprint density at radius 1 is 0.903 bits per heavy atom. The van der Waals surface area contributed by atoms with E-state index in [1.165, 1.54) is 5.56 Å². The van der Waals surface area contributed by atoms with Crippen molar-refractivity contribution in [3.63, 3.8) is 0 Å². The van der Waals surface area contributed by atoms with Crippen molar-refractivity contribution in [2.24, 2.45) is 0 Å². The van der Waals surface area contributed by atoms with E-state index in [1.54, 1.807) is 48.5 Å². The lowest BCUT2D eigenvalue weighted by molar-refractivity contribution is 0.102. The summed E-state index contributed by atoms with van der Waals surface area (Å²) >= 11 is 3.43. The molecular weight excluding hydrogens is 476 g/mol. The first-order chi connectivity index (χ1) is 14.9. The number of hydrogen-bond donors (Lipinski definition) is 2. The second-order valence-corrected chi connectivity index (χ2v) is 9.74. The fourth-order valence-electron chi connectivity index (χ4n) is 3.07. The Hall–Kier alpha value is -2.64. The molecule has 3 aromatic carbocycles. The van der Waals surface area contributed by atoms with Gasteiger partial charge in [-0.3, -0.25) is 9.52 Å². The molecule has 31 heavy (non-hydrogen) atoms. The molecule has 2 N–H and O–H groups in total. The van der Waals surface area contributed by atoms with Crippen LogP contribution in [0.4, 0.5) is 11.4 Å². The Labute approximate surface area is 192 Å². The van der Waals surface area contributed by atoms with E-state index in [1.807, 2.05) is 31.2 Å². The highest BCUT2D eigenvalue weighted by molar-refractivity contribution is 9.09. The molecule has 0 bridgehead atoms. The van der Waals surface area contributed by atoms with Gasteiger partial charge in [-0.1, -0.05) is 57.9 Å². The zero-order valence-electron chi connectivity index (χ0n) is 17.3. The molecule has 0 aliphatic carbocycles. The van der Waals surface area contributed by atoms with Gasteiger partial charge in [0.15, 0.2) is 0 Å². The van der Waals surface area contributed by atoms with Crippen molar-refractivity contribution in [1.82, 2.24) is 0 Å². The number of rotatable bonds is 9. The molecule has 3 aromatic rings. The fourth-order valence-corrected chi connectivity index (χ4v) is 4.54. The molecule has 0 aliphatic heterocycles. The molecule has 0 radical (unpaired) electrons. The summed E-state index contributed by atoms with van der Waals surface area (Å²) in [6.07, 6.45) is 3.21. The molecule has 162 valence electrons. The van der Waals surface area contributed by atoms with E-state index in [9.17, 15) is 13.2 Å². The van der Waals surface area contributed by atoms with E-state index in [-0.39, 0.29) is 22.1 Å². The van der Waals surface area contributed by atoms with Crippen molar-refractivity contribution in [1.29, 1.82) is 0 Å². The van der Waals surface area contributed by atoms with Crippen molar-refractivity contribution in [3.8, 4) is 0 Å². The number of benzene rings is 3. The van der Waals surface area contributed by atoms with Gasteiger partial charge in [0.1, 0.15) is 0 Å². The van der Waals surface area contributed by atoms with E-state index in [2.05, 4.69) is 26.0 Å². The van der Waals surface area contributed by atoms with Crippen molar-refractivity contribution in [2.45, 2.75) is 31.1 Å². The van der Waals surface area contributed by atoms with Crippen LogP contribution in [0, 0.1) is 6.92 Å². The van der Waals surface area contributed by atoms with Crippen LogP contribution in [0.1, 0.15) is 34.3 Å². The maximum Gasteiger partial charge on any atom is 0.261 e. The predicted molar refractivity (Wildman–Crippen MR) is 130 cm³/mol. The molecule has 3 rings (SSSR count). The number of carbonyl (C=O) groups is 1. The van der Waals surface area contributed by atoms with Gasteiger partial charge in [0, 0.05) is 11.0 Å². The molecule has 1 amide bonds. The average molecular weight is 501 g/mol. The number of sulfonamides is 1. The summed E-state index contributed by atoms with van der Waals surface area (Å²) in [5.74, 6) is -0.380. The van der Waals surface area contributed by atoms with Gasteiger partial charge in [0.2, 0.25) is 0 Å². The van der Waals surface area contributed by atoms with Gasteiger partial charge >= 0.3 is 0 Å². The summed E-state index contributed by atoms with van der Waals surface area (Å²) in [6, 6.07) is 20.8. The van der Waals surface area contributed by atoms with Gasteiger partial charge in [0.05, 0.1) is 16.1 Å². The Bertz CT molecular complexity index is 1130. The van der Waals surface area contributed by atoms with Crippen molar-refractivity contribution >= 4 is 43.2 Å². The summed E-state index contributed by atoms with van der Waals surface area (Å²) < 4.78 is 28.0. The molecule has 0 saturated heterocycles. The van der Waals surface area contributed by atoms with Gasteiger partial charge in [-0.15, -0.1) is 0 Å². The number of para-hydroxylation sites is 1. The predicted octanol–water partition coefficient (Wildman–Crippen LogP) is 5.77. The molecule has 0 heterocycles. The summed E-state index contributed by atoms with van der Waals surface area (Å²) in [6.45, 7) is 1.89. The maximum atomic E-state index is 12.8. The van der Waals surface area contributed by atoms with Crippen LogP contribution in [0.15, 0.2) is 77.7 Å².